The molecule has 0 radical (unpaired) electrons. The Kier molecular flexibility index (Phi) is 9.74. The molecule has 5 saturated carbocycles. The molecule has 2 aliphatic heterocycles. The maximum Gasteiger partial charge on any atom is 0.0805 e. The van der Waals surface area contributed by atoms with Gasteiger partial charge in [0, 0.05) is 45.6 Å². The lowest BCUT2D eigenvalue weighted by Crippen LogP contribution is -2.67. The highest BCUT2D eigenvalue weighted by Crippen LogP contribution is 2.71. The maximum atomic E-state index is 12.2. The number of hydrogen-bond donors (Lipinski definition) is 4. The maximum absolute atomic E-state index is 12.2. The normalized spacial score (nSPS) is 49.0. The zero-order valence-electron chi connectivity index (χ0n) is 32.0. The predicted molar refractivity (Wildman–Crippen MR) is 201 cm³/mol. The Labute approximate surface area is 303 Å². The molecule has 6 heteroatoms. The van der Waals surface area contributed by atoms with Gasteiger partial charge in [0.15, 0.2) is 0 Å². The molecular weight excluding hydrogens is 620 g/mol. The summed E-state index contributed by atoms with van der Waals surface area (Å²) < 4.78 is 5.47. The Morgan fingerprint density at radius 1 is 0.940 bits per heavy atom. The first kappa shape index (κ1) is 35.8. The largest absolute Gasteiger partial charge is 0.393 e. The van der Waals surface area contributed by atoms with E-state index in [0.717, 1.165) is 76.9 Å². The van der Waals surface area contributed by atoms with Gasteiger partial charge in [-0.25, -0.2) is 0 Å². The van der Waals surface area contributed by atoms with Crippen molar-refractivity contribution in [2.24, 2.45) is 64.1 Å². The molecule has 50 heavy (non-hydrogen) atoms. The number of rotatable bonds is 8. The number of piperidine rings is 2. The smallest absolute Gasteiger partial charge is 0.0805 e. The van der Waals surface area contributed by atoms with Gasteiger partial charge in [-0.1, -0.05) is 26.0 Å². The fourth-order valence-corrected chi connectivity index (χ4v) is 15.2. The third-order valence-electron chi connectivity index (χ3n) is 17.3. The number of benzene rings is 1. The minimum absolute atomic E-state index is 0.0244. The third-order valence-corrected chi connectivity index (χ3v) is 17.3. The number of methoxy groups -OCH3 is 1. The Balaban J connectivity index is 1.02. The van der Waals surface area contributed by atoms with Gasteiger partial charge in [0.05, 0.1) is 17.8 Å². The van der Waals surface area contributed by atoms with Crippen molar-refractivity contribution in [3.8, 4) is 0 Å². The first-order valence-corrected chi connectivity index (χ1v) is 21.1. The summed E-state index contributed by atoms with van der Waals surface area (Å²) in [6, 6.07) is 9.33. The minimum Gasteiger partial charge on any atom is -0.393 e. The van der Waals surface area contributed by atoms with Crippen LogP contribution in [0.2, 0.25) is 0 Å². The number of nitrogens with one attached hydrogen (secondary N) is 1. The summed E-state index contributed by atoms with van der Waals surface area (Å²) in [6.07, 6.45) is 15.1. The van der Waals surface area contributed by atoms with Crippen LogP contribution in [0.3, 0.4) is 0 Å². The average Bonchev–Trinajstić information content (AvgIpc) is 3.68. The van der Waals surface area contributed by atoms with Gasteiger partial charge in [-0.15, -0.1) is 0 Å². The fourth-order valence-electron chi connectivity index (χ4n) is 15.2. The molecule has 1 aromatic rings. The van der Waals surface area contributed by atoms with E-state index in [1.165, 1.54) is 49.9 Å². The SMILES string of the molecule is CNc1cccc(C(CCCOC)CC2CCC3(C2)CC2(C)C(CC3O)C(O)CC3C4CCC5C(CN6CC(C)CCC6C5(C)O)C4CC32)c1. The van der Waals surface area contributed by atoms with Crippen molar-refractivity contribution in [1.82, 2.24) is 4.90 Å². The van der Waals surface area contributed by atoms with E-state index in [2.05, 4.69) is 55.3 Å². The van der Waals surface area contributed by atoms with Gasteiger partial charge in [0.2, 0.25) is 0 Å². The van der Waals surface area contributed by atoms with E-state index >= 15 is 0 Å². The predicted octanol–water partition coefficient (Wildman–Crippen LogP) is 7.72. The lowest BCUT2D eigenvalue weighted by Gasteiger charge is -2.60. The lowest BCUT2D eigenvalue weighted by atomic mass is 9.46. The van der Waals surface area contributed by atoms with Gasteiger partial charge in [-0.2, -0.15) is 0 Å². The van der Waals surface area contributed by atoms with Crippen molar-refractivity contribution in [2.45, 2.75) is 140 Å². The van der Waals surface area contributed by atoms with Crippen molar-refractivity contribution < 1.29 is 20.1 Å². The average molecular weight is 691 g/mol. The van der Waals surface area contributed by atoms with E-state index in [9.17, 15) is 15.3 Å². The molecule has 16 atom stereocenters. The van der Waals surface area contributed by atoms with E-state index in [-0.39, 0.29) is 29.0 Å². The van der Waals surface area contributed by atoms with Crippen LogP contribution in [-0.2, 0) is 4.74 Å². The van der Waals surface area contributed by atoms with Gasteiger partial charge in [0.25, 0.3) is 0 Å². The third kappa shape index (κ3) is 5.92. The van der Waals surface area contributed by atoms with Crippen molar-refractivity contribution in [3.05, 3.63) is 29.8 Å². The van der Waals surface area contributed by atoms with E-state index < -0.39 is 5.60 Å². The lowest BCUT2D eigenvalue weighted by molar-refractivity contribution is -0.180. The standard InChI is InChI=1S/C44H70N2O4/c1-27-11-14-40-43(3,49)36-13-12-32-33(35(36)25-46(40)24-27)20-37-34(32)21-39(47)38-22-41(48)44(26-42(37,38)2)16-15-28(23-44)18-29(9-7-17-50-5)30-8-6-10-31(19-30)45-4/h6,8,10,19,27-29,32-41,45,47-49H,7,9,11-18,20-26H2,1-5H3. The second-order valence-corrected chi connectivity index (χ2v) is 19.8. The zero-order chi connectivity index (χ0) is 35.0. The quantitative estimate of drug-likeness (QED) is 0.209. The number of fused-ring (bicyclic) bond motifs is 8. The van der Waals surface area contributed by atoms with Crippen LogP contribution >= 0.6 is 0 Å². The van der Waals surface area contributed by atoms with E-state index in [0.29, 0.717) is 53.4 Å². The molecule has 7 fully saturated rings. The molecule has 1 aromatic carbocycles. The van der Waals surface area contributed by atoms with Crippen LogP contribution in [0.4, 0.5) is 5.69 Å². The second-order valence-electron chi connectivity index (χ2n) is 19.8. The molecular formula is C44H70N2O4. The summed E-state index contributed by atoms with van der Waals surface area (Å²) in [6.45, 7) is 10.3. The van der Waals surface area contributed by atoms with Crippen LogP contribution in [0.5, 0.6) is 0 Å². The summed E-state index contributed by atoms with van der Waals surface area (Å²) in [5, 5.41) is 39.5. The molecule has 7 aliphatic rings. The molecule has 1 spiro atoms. The number of anilines is 1. The van der Waals surface area contributed by atoms with E-state index in [4.69, 9.17) is 4.74 Å². The molecule has 0 aromatic heterocycles. The van der Waals surface area contributed by atoms with Crippen LogP contribution < -0.4 is 5.32 Å². The van der Waals surface area contributed by atoms with Crippen LogP contribution in [-0.4, -0.2) is 77.9 Å². The molecule has 280 valence electrons. The molecule has 4 N–H and O–H groups in total. The summed E-state index contributed by atoms with van der Waals surface area (Å²) >= 11 is 0. The number of nitrogens with zero attached hydrogens (tertiary/aromatic N) is 1. The van der Waals surface area contributed by atoms with Crippen LogP contribution in [0.15, 0.2) is 24.3 Å². The van der Waals surface area contributed by atoms with Crippen LogP contribution in [0, 0.1) is 64.1 Å². The van der Waals surface area contributed by atoms with Crippen LogP contribution in [0.25, 0.3) is 0 Å². The monoisotopic (exact) mass is 691 g/mol. The number of aliphatic hydroxyl groups excluding tert-OH is 2. The van der Waals surface area contributed by atoms with Gasteiger partial charge < -0.3 is 25.4 Å². The van der Waals surface area contributed by atoms with E-state index in [1.807, 2.05) is 14.2 Å². The Bertz CT molecular complexity index is 1350. The zero-order valence-corrected chi connectivity index (χ0v) is 32.0. The minimum atomic E-state index is -0.596. The second kappa shape index (κ2) is 13.6. The van der Waals surface area contributed by atoms with Gasteiger partial charge in [-0.05, 0) is 185 Å². The van der Waals surface area contributed by atoms with E-state index in [1.54, 1.807) is 0 Å². The highest BCUT2D eigenvalue weighted by molar-refractivity contribution is 5.46. The molecule has 2 heterocycles. The summed E-state index contributed by atoms with van der Waals surface area (Å²) in [5.74, 6) is 5.60. The molecule has 8 rings (SSSR count). The van der Waals surface area contributed by atoms with Gasteiger partial charge in [-0.3, -0.25) is 4.90 Å². The first-order valence-electron chi connectivity index (χ1n) is 21.1. The Morgan fingerprint density at radius 2 is 1.78 bits per heavy atom. The fraction of sp³-hybridized carbons (Fsp3) is 0.864. The Hall–Kier alpha value is -1.18. The van der Waals surface area contributed by atoms with Crippen LogP contribution in [0.1, 0.15) is 122 Å². The van der Waals surface area contributed by atoms with Crippen molar-refractivity contribution >= 4 is 5.69 Å². The number of hydrogen-bond acceptors (Lipinski definition) is 6. The van der Waals surface area contributed by atoms with Crippen molar-refractivity contribution in [2.75, 3.05) is 39.2 Å². The summed E-state index contributed by atoms with van der Waals surface area (Å²) in [7, 11) is 3.81. The molecule has 5 aliphatic carbocycles. The Morgan fingerprint density at radius 3 is 2.58 bits per heavy atom. The number of ether oxygens (including phenoxy) is 1. The number of aliphatic hydroxyl groups is 3. The molecule has 16 unspecified atom stereocenters. The molecule has 0 amide bonds. The highest BCUT2D eigenvalue weighted by Gasteiger charge is 2.67. The molecule has 6 nitrogen and oxygen atoms in total. The topological polar surface area (TPSA) is 85.2 Å². The summed E-state index contributed by atoms with van der Waals surface area (Å²) in [4.78, 5) is 2.71. The molecule has 2 saturated heterocycles. The van der Waals surface area contributed by atoms with Crippen molar-refractivity contribution in [3.63, 3.8) is 0 Å². The van der Waals surface area contributed by atoms with Crippen molar-refractivity contribution in [1.29, 1.82) is 0 Å². The first-order chi connectivity index (χ1) is 24.0. The highest BCUT2D eigenvalue weighted by atomic mass is 16.5. The van der Waals surface area contributed by atoms with Gasteiger partial charge in [0.1, 0.15) is 0 Å². The molecule has 0 bridgehead atoms. The summed E-state index contributed by atoms with van der Waals surface area (Å²) in [5.41, 5.74) is 2.06. The van der Waals surface area contributed by atoms with Gasteiger partial charge >= 0.3 is 0 Å².